The van der Waals surface area contributed by atoms with Gasteiger partial charge in [-0.25, -0.2) is 4.79 Å². The molecule has 192 valence electrons. The van der Waals surface area contributed by atoms with Gasteiger partial charge in [-0.15, -0.1) is 0 Å². The number of amides is 1. The first-order valence-corrected chi connectivity index (χ1v) is 12.5. The van der Waals surface area contributed by atoms with Crippen LogP contribution < -0.4 is 11.1 Å². The number of rotatable bonds is 6. The number of aliphatic carboxylic acids is 1. The molecule has 2 heterocycles. The molecule has 0 spiro atoms. The van der Waals surface area contributed by atoms with E-state index in [0.29, 0.717) is 18.4 Å². The lowest BCUT2D eigenvalue weighted by Crippen LogP contribution is -2.72. The number of carboxylic acid groups (broad SMARTS) is 1. The molecule has 1 aromatic rings. The van der Waals surface area contributed by atoms with E-state index in [1.807, 2.05) is 50.3 Å². The minimum atomic E-state index is -1.26. The van der Waals surface area contributed by atoms with Crippen molar-refractivity contribution in [1.82, 2.24) is 5.32 Å². The molecule has 1 saturated heterocycles. The van der Waals surface area contributed by atoms with Crippen molar-refractivity contribution < 1.29 is 24.2 Å². The summed E-state index contributed by atoms with van der Waals surface area (Å²) in [6.45, 7) is 10.6. The SMILES string of the molecule is C=C1CC[C@H]2[C@@](C)(CCC(=O)N[C@@]2(C)C(C)(c2ccccc2)C(N)C(=O)O)[C@@H]1/C=C/C1=CCOC1=O. The Labute approximate surface area is 212 Å². The van der Waals surface area contributed by atoms with Crippen LogP contribution in [0.2, 0.25) is 0 Å². The van der Waals surface area contributed by atoms with Crippen molar-refractivity contribution in [2.45, 2.75) is 63.5 Å². The second kappa shape index (κ2) is 9.36. The van der Waals surface area contributed by atoms with Crippen LogP contribution in [0.1, 0.15) is 52.0 Å². The summed E-state index contributed by atoms with van der Waals surface area (Å²) in [7, 11) is 0. The predicted molar refractivity (Wildman–Crippen MR) is 137 cm³/mol. The van der Waals surface area contributed by atoms with Crippen molar-refractivity contribution in [3.8, 4) is 0 Å². The summed E-state index contributed by atoms with van der Waals surface area (Å²) in [5.74, 6) is -1.81. The Bertz CT molecular complexity index is 1140. The molecule has 1 amide bonds. The highest BCUT2D eigenvalue weighted by molar-refractivity contribution is 5.93. The molecular weight excluding hydrogens is 456 g/mol. The fraction of sp³-hybridized carbons (Fsp3) is 0.483. The third-order valence-electron chi connectivity index (χ3n) is 9.25. The molecule has 0 bridgehead atoms. The lowest BCUT2D eigenvalue weighted by molar-refractivity contribution is -0.143. The van der Waals surface area contributed by atoms with Gasteiger partial charge in [0, 0.05) is 17.8 Å². The van der Waals surface area contributed by atoms with Crippen molar-refractivity contribution in [2.24, 2.45) is 23.0 Å². The number of carboxylic acids is 1. The maximum atomic E-state index is 13.2. The summed E-state index contributed by atoms with van der Waals surface area (Å²) in [6.07, 6.45) is 7.93. The molecule has 4 N–H and O–H groups in total. The predicted octanol–water partition coefficient (Wildman–Crippen LogP) is 3.65. The average molecular weight is 493 g/mol. The van der Waals surface area contributed by atoms with Gasteiger partial charge in [0.1, 0.15) is 12.6 Å². The van der Waals surface area contributed by atoms with E-state index in [0.717, 1.165) is 24.0 Å². The van der Waals surface area contributed by atoms with Crippen LogP contribution in [0.5, 0.6) is 0 Å². The highest BCUT2D eigenvalue weighted by Gasteiger charge is 2.63. The molecular formula is C29H36N2O5. The first-order chi connectivity index (χ1) is 16.9. The largest absolute Gasteiger partial charge is 0.480 e. The average Bonchev–Trinajstić information content (AvgIpc) is 3.21. The molecule has 6 atom stereocenters. The maximum Gasteiger partial charge on any atom is 0.338 e. The van der Waals surface area contributed by atoms with Gasteiger partial charge in [0.2, 0.25) is 5.91 Å². The number of nitrogens with two attached hydrogens (primary N) is 1. The topological polar surface area (TPSA) is 119 Å². The quantitative estimate of drug-likeness (QED) is 0.412. The molecule has 1 aliphatic carbocycles. The molecule has 36 heavy (non-hydrogen) atoms. The van der Waals surface area contributed by atoms with Crippen molar-refractivity contribution in [3.05, 3.63) is 71.8 Å². The Kier molecular flexibility index (Phi) is 6.73. The van der Waals surface area contributed by atoms with Crippen LogP contribution in [0.15, 0.2) is 66.3 Å². The Morgan fingerprint density at radius 3 is 2.58 bits per heavy atom. The summed E-state index contributed by atoms with van der Waals surface area (Å²) in [6, 6.07) is 8.13. The smallest absolute Gasteiger partial charge is 0.338 e. The number of cyclic esters (lactones) is 1. The number of benzene rings is 1. The van der Waals surface area contributed by atoms with E-state index >= 15 is 0 Å². The fourth-order valence-corrected chi connectivity index (χ4v) is 6.99. The monoisotopic (exact) mass is 492 g/mol. The van der Waals surface area contributed by atoms with E-state index in [4.69, 9.17) is 10.5 Å². The van der Waals surface area contributed by atoms with Gasteiger partial charge in [0.15, 0.2) is 0 Å². The van der Waals surface area contributed by atoms with Crippen LogP contribution in [0, 0.1) is 17.3 Å². The normalized spacial score (nSPS) is 33.1. The van der Waals surface area contributed by atoms with Gasteiger partial charge < -0.3 is 20.9 Å². The molecule has 7 nitrogen and oxygen atoms in total. The number of esters is 1. The second-order valence-electron chi connectivity index (χ2n) is 11.0. The van der Waals surface area contributed by atoms with E-state index in [-0.39, 0.29) is 30.3 Å². The van der Waals surface area contributed by atoms with Crippen molar-refractivity contribution in [2.75, 3.05) is 6.61 Å². The number of fused-ring (bicyclic) bond motifs is 1. The molecule has 2 unspecified atom stereocenters. The highest BCUT2D eigenvalue weighted by atomic mass is 16.5. The van der Waals surface area contributed by atoms with Crippen LogP contribution in [0.4, 0.5) is 0 Å². The number of allylic oxidation sites excluding steroid dienone is 2. The van der Waals surface area contributed by atoms with E-state index in [1.54, 1.807) is 12.2 Å². The van der Waals surface area contributed by atoms with Crippen LogP contribution in [-0.4, -0.2) is 41.1 Å². The number of nitrogens with one attached hydrogen (secondary N) is 1. The van der Waals surface area contributed by atoms with E-state index in [1.165, 1.54) is 0 Å². The van der Waals surface area contributed by atoms with Gasteiger partial charge in [-0.3, -0.25) is 9.59 Å². The fourth-order valence-electron chi connectivity index (χ4n) is 6.99. The van der Waals surface area contributed by atoms with Crippen LogP contribution in [-0.2, 0) is 24.5 Å². The maximum absolute atomic E-state index is 13.2. The standard InChI is InChI=1S/C29H36N2O5/c1-18-10-13-22-27(2,21(18)12-11-19-15-17-36-26(19)35)16-14-23(32)31-29(22,4)28(3,24(30)25(33)34)20-8-6-5-7-9-20/h5-9,11-12,15,21-22,24H,1,10,13-14,16-17,30H2,2-4H3,(H,31,32)(H,33,34)/b12-11+/t21-,22+,24?,27+,28?,29-/m1/s1. The number of carbonyl (C=O) groups is 3. The van der Waals surface area contributed by atoms with Gasteiger partial charge in [0.05, 0.1) is 11.1 Å². The zero-order chi connectivity index (χ0) is 26.3. The number of hydrogen-bond donors (Lipinski definition) is 3. The summed E-state index contributed by atoms with van der Waals surface area (Å²) < 4.78 is 5.04. The summed E-state index contributed by atoms with van der Waals surface area (Å²) in [5.41, 5.74) is 6.28. The van der Waals surface area contributed by atoms with Crippen LogP contribution >= 0.6 is 0 Å². The first kappa shape index (κ1) is 25.9. The van der Waals surface area contributed by atoms with Crippen molar-refractivity contribution in [3.63, 3.8) is 0 Å². The molecule has 3 aliphatic rings. The van der Waals surface area contributed by atoms with Gasteiger partial charge >= 0.3 is 11.9 Å². The molecule has 2 fully saturated rings. The molecule has 0 radical (unpaired) electrons. The zero-order valence-electron chi connectivity index (χ0n) is 21.3. The van der Waals surface area contributed by atoms with E-state index in [2.05, 4.69) is 18.8 Å². The lowest BCUT2D eigenvalue weighted by Gasteiger charge is -2.59. The minimum Gasteiger partial charge on any atom is -0.480 e. The number of hydrogen-bond acceptors (Lipinski definition) is 5. The Balaban J connectivity index is 1.88. The Morgan fingerprint density at radius 1 is 1.28 bits per heavy atom. The lowest BCUT2D eigenvalue weighted by atomic mass is 9.47. The van der Waals surface area contributed by atoms with Gasteiger partial charge in [-0.2, -0.15) is 0 Å². The number of carbonyl (C=O) groups excluding carboxylic acids is 2. The van der Waals surface area contributed by atoms with Crippen LogP contribution in [0.3, 0.4) is 0 Å². The third-order valence-corrected chi connectivity index (χ3v) is 9.25. The van der Waals surface area contributed by atoms with Gasteiger partial charge in [0.25, 0.3) is 0 Å². The zero-order valence-corrected chi connectivity index (χ0v) is 21.3. The van der Waals surface area contributed by atoms with Crippen molar-refractivity contribution >= 4 is 17.8 Å². The molecule has 7 heteroatoms. The van der Waals surface area contributed by atoms with E-state index in [9.17, 15) is 19.5 Å². The third kappa shape index (κ3) is 3.99. The molecule has 2 aliphatic heterocycles. The first-order valence-electron chi connectivity index (χ1n) is 12.5. The molecule has 0 aromatic heterocycles. The molecule has 1 aromatic carbocycles. The summed E-state index contributed by atoms with van der Waals surface area (Å²) in [5, 5.41) is 13.4. The minimum absolute atomic E-state index is 0.112. The Morgan fingerprint density at radius 2 is 1.97 bits per heavy atom. The molecule has 4 rings (SSSR count). The number of ether oxygens (including phenoxy) is 1. The summed E-state index contributed by atoms with van der Waals surface area (Å²) in [4.78, 5) is 37.7. The van der Waals surface area contributed by atoms with E-state index < -0.39 is 28.4 Å². The second-order valence-corrected chi connectivity index (χ2v) is 11.0. The molecule has 1 saturated carbocycles. The van der Waals surface area contributed by atoms with Crippen LogP contribution in [0.25, 0.3) is 0 Å². The Hall–Kier alpha value is -3.19. The highest BCUT2D eigenvalue weighted by Crippen LogP contribution is 2.59. The van der Waals surface area contributed by atoms with Gasteiger partial charge in [-0.1, -0.05) is 68.5 Å². The summed E-state index contributed by atoms with van der Waals surface area (Å²) >= 11 is 0. The van der Waals surface area contributed by atoms with Crippen molar-refractivity contribution in [1.29, 1.82) is 0 Å². The van der Waals surface area contributed by atoms with Gasteiger partial charge in [-0.05, 0) is 49.2 Å².